The lowest BCUT2D eigenvalue weighted by molar-refractivity contribution is 0.814. The lowest BCUT2D eigenvalue weighted by Gasteiger charge is -2.04. The summed E-state index contributed by atoms with van der Waals surface area (Å²) in [5.74, 6) is 0. The second-order valence-electron chi connectivity index (χ2n) is 5.05. The molecule has 0 aromatic heterocycles. The maximum Gasteiger partial charge on any atom is 0.0406 e. The number of unbranched alkanes of at least 4 members (excludes halogenated alkanes) is 2. The Morgan fingerprint density at radius 2 is 1.77 bits per heavy atom. The second-order valence-corrected chi connectivity index (χ2v) is 6.63. The van der Waals surface area contributed by atoms with E-state index < -0.39 is 0 Å². The first-order chi connectivity index (χ1) is 10.8. The number of halogens is 1. The Kier molecular flexibility index (Phi) is 7.35. The Labute approximate surface area is 142 Å². The van der Waals surface area contributed by atoms with Crippen LogP contribution in [-0.4, -0.2) is 0 Å². The smallest absolute Gasteiger partial charge is 0.0406 e. The first-order valence-electron chi connectivity index (χ1n) is 7.64. The van der Waals surface area contributed by atoms with Gasteiger partial charge in [0.25, 0.3) is 0 Å². The molecule has 2 aromatic carbocycles. The van der Waals surface area contributed by atoms with Crippen LogP contribution in [0.5, 0.6) is 0 Å². The third-order valence-electron chi connectivity index (χ3n) is 3.19. The monoisotopic (exact) mass is 328 g/mol. The molecular formula is C20H21ClS. The van der Waals surface area contributed by atoms with Gasteiger partial charge in [-0.15, -0.1) is 0 Å². The van der Waals surface area contributed by atoms with Crippen LogP contribution in [0.2, 0.25) is 5.02 Å². The summed E-state index contributed by atoms with van der Waals surface area (Å²) in [6.07, 6.45) is 10.3. The van der Waals surface area contributed by atoms with Gasteiger partial charge in [0.2, 0.25) is 0 Å². The summed E-state index contributed by atoms with van der Waals surface area (Å²) in [5.41, 5.74) is 1.22. The van der Waals surface area contributed by atoms with E-state index in [9.17, 15) is 0 Å². The number of rotatable bonds is 7. The summed E-state index contributed by atoms with van der Waals surface area (Å²) in [4.78, 5) is 2.49. The number of hydrogen-bond donors (Lipinski definition) is 0. The first kappa shape index (κ1) is 16.9. The summed E-state index contributed by atoms with van der Waals surface area (Å²) in [6.45, 7) is 2.22. The molecule has 114 valence electrons. The number of thioether (sulfide) groups is 1. The van der Waals surface area contributed by atoms with E-state index in [2.05, 4.69) is 61.5 Å². The van der Waals surface area contributed by atoms with Gasteiger partial charge in [0.15, 0.2) is 0 Å². The molecule has 22 heavy (non-hydrogen) atoms. The molecule has 0 radical (unpaired) electrons. The van der Waals surface area contributed by atoms with Crippen molar-refractivity contribution in [2.75, 3.05) is 0 Å². The van der Waals surface area contributed by atoms with Gasteiger partial charge in [-0.05, 0) is 42.3 Å². The molecule has 2 aromatic rings. The van der Waals surface area contributed by atoms with Gasteiger partial charge in [-0.2, -0.15) is 0 Å². The number of allylic oxidation sites excluding steroid dienone is 2. The minimum atomic E-state index is 0.778. The van der Waals surface area contributed by atoms with E-state index in [-0.39, 0.29) is 0 Å². The molecule has 0 N–H and O–H groups in total. The summed E-state index contributed by atoms with van der Waals surface area (Å²) >= 11 is 7.74. The van der Waals surface area contributed by atoms with E-state index in [0.717, 1.165) is 11.4 Å². The molecule has 0 bridgehead atoms. The Bertz CT molecular complexity index is 612. The third kappa shape index (κ3) is 6.13. The van der Waals surface area contributed by atoms with Crippen LogP contribution in [0.4, 0.5) is 0 Å². The highest BCUT2D eigenvalue weighted by Gasteiger charge is 1.98. The highest BCUT2D eigenvalue weighted by molar-refractivity contribution is 8.03. The largest absolute Gasteiger partial charge is 0.0904 e. The first-order valence-corrected chi connectivity index (χ1v) is 8.84. The van der Waals surface area contributed by atoms with E-state index in [0.29, 0.717) is 0 Å². The van der Waals surface area contributed by atoms with Crippen LogP contribution in [0.15, 0.2) is 76.5 Å². The molecule has 0 unspecified atom stereocenters. The zero-order valence-corrected chi connectivity index (χ0v) is 14.4. The van der Waals surface area contributed by atoms with Crippen LogP contribution < -0.4 is 0 Å². The zero-order chi connectivity index (χ0) is 15.6. The molecular weight excluding hydrogens is 308 g/mol. The maximum atomic E-state index is 5.95. The molecule has 0 spiro atoms. The van der Waals surface area contributed by atoms with Crippen molar-refractivity contribution in [3.63, 3.8) is 0 Å². The summed E-state index contributed by atoms with van der Waals surface area (Å²) in [7, 11) is 0. The van der Waals surface area contributed by atoms with Crippen LogP contribution in [0.25, 0.3) is 6.08 Å². The lowest BCUT2D eigenvalue weighted by atomic mass is 10.2. The SMILES string of the molecule is CCCC/C=C(/C=C/c1ccccc1)Sc1ccc(Cl)cc1. The highest BCUT2D eigenvalue weighted by atomic mass is 35.5. The van der Waals surface area contributed by atoms with Gasteiger partial charge in [0, 0.05) is 14.8 Å². The summed E-state index contributed by atoms with van der Waals surface area (Å²) < 4.78 is 0. The molecule has 0 saturated heterocycles. The fourth-order valence-corrected chi connectivity index (χ4v) is 2.98. The molecule has 0 fully saturated rings. The molecule has 0 amide bonds. The van der Waals surface area contributed by atoms with Gasteiger partial charge in [0.05, 0.1) is 0 Å². The fourth-order valence-electron chi connectivity index (χ4n) is 1.97. The van der Waals surface area contributed by atoms with Crippen LogP contribution in [0.1, 0.15) is 31.7 Å². The van der Waals surface area contributed by atoms with E-state index >= 15 is 0 Å². The van der Waals surface area contributed by atoms with Crippen molar-refractivity contribution >= 4 is 29.4 Å². The topological polar surface area (TPSA) is 0 Å². The van der Waals surface area contributed by atoms with Gasteiger partial charge in [-0.25, -0.2) is 0 Å². The van der Waals surface area contributed by atoms with Crippen molar-refractivity contribution in [3.8, 4) is 0 Å². The standard InChI is InChI=1S/C20H21ClS/c1-2-3-5-10-19(14-11-17-8-6-4-7-9-17)22-20-15-12-18(21)13-16-20/h4,6-16H,2-3,5H2,1H3/b14-11+,19-10-. The summed E-state index contributed by atoms with van der Waals surface area (Å²) in [5, 5.41) is 0.778. The molecule has 2 rings (SSSR count). The van der Waals surface area contributed by atoms with Gasteiger partial charge in [-0.1, -0.05) is 85.6 Å². The molecule has 0 aliphatic heterocycles. The van der Waals surface area contributed by atoms with Gasteiger partial charge in [0.1, 0.15) is 0 Å². The fraction of sp³-hybridized carbons (Fsp3) is 0.200. The minimum Gasteiger partial charge on any atom is -0.0904 e. The van der Waals surface area contributed by atoms with E-state index in [1.807, 2.05) is 18.2 Å². The lowest BCUT2D eigenvalue weighted by Crippen LogP contribution is -1.77. The molecule has 2 heteroatoms. The van der Waals surface area contributed by atoms with Crippen LogP contribution in [-0.2, 0) is 0 Å². The van der Waals surface area contributed by atoms with Crippen molar-refractivity contribution in [1.82, 2.24) is 0 Å². The molecule has 0 saturated carbocycles. The normalized spacial score (nSPS) is 12.0. The van der Waals surface area contributed by atoms with Gasteiger partial charge in [-0.3, -0.25) is 0 Å². The molecule has 0 heterocycles. The minimum absolute atomic E-state index is 0.778. The van der Waals surface area contributed by atoms with Crippen LogP contribution in [0, 0.1) is 0 Å². The summed E-state index contributed by atoms with van der Waals surface area (Å²) in [6, 6.07) is 18.4. The Morgan fingerprint density at radius 3 is 2.45 bits per heavy atom. The average Bonchev–Trinajstić information content (AvgIpc) is 2.55. The predicted octanol–water partition coefficient (Wildman–Crippen LogP) is 7.22. The molecule has 0 aliphatic rings. The molecule has 0 atom stereocenters. The number of hydrogen-bond acceptors (Lipinski definition) is 1. The highest BCUT2D eigenvalue weighted by Crippen LogP contribution is 2.29. The van der Waals surface area contributed by atoms with Crippen molar-refractivity contribution < 1.29 is 0 Å². The van der Waals surface area contributed by atoms with Crippen LogP contribution >= 0.6 is 23.4 Å². The quantitative estimate of drug-likeness (QED) is 0.293. The van der Waals surface area contributed by atoms with Gasteiger partial charge < -0.3 is 0 Å². The van der Waals surface area contributed by atoms with E-state index in [1.165, 1.54) is 28.2 Å². The second kappa shape index (κ2) is 9.55. The van der Waals surface area contributed by atoms with E-state index in [4.69, 9.17) is 11.6 Å². The predicted molar refractivity (Wildman–Crippen MR) is 100 cm³/mol. The Balaban J connectivity index is 2.10. The Morgan fingerprint density at radius 1 is 1.05 bits per heavy atom. The van der Waals surface area contributed by atoms with Crippen molar-refractivity contribution in [3.05, 3.63) is 82.2 Å². The van der Waals surface area contributed by atoms with E-state index in [1.54, 1.807) is 11.8 Å². The van der Waals surface area contributed by atoms with Crippen molar-refractivity contribution in [1.29, 1.82) is 0 Å². The zero-order valence-electron chi connectivity index (χ0n) is 12.8. The number of benzene rings is 2. The molecule has 0 aliphatic carbocycles. The third-order valence-corrected chi connectivity index (χ3v) is 4.49. The van der Waals surface area contributed by atoms with Crippen molar-refractivity contribution in [2.24, 2.45) is 0 Å². The van der Waals surface area contributed by atoms with Crippen molar-refractivity contribution in [2.45, 2.75) is 31.1 Å². The maximum absolute atomic E-state index is 5.95. The average molecular weight is 329 g/mol. The van der Waals surface area contributed by atoms with Gasteiger partial charge >= 0.3 is 0 Å². The molecule has 0 nitrogen and oxygen atoms in total. The Hall–Kier alpha value is -1.44. The van der Waals surface area contributed by atoms with Crippen LogP contribution in [0.3, 0.4) is 0 Å².